The topological polar surface area (TPSA) is 193 Å². The second-order valence-electron chi connectivity index (χ2n) is 7.70. The van der Waals surface area contributed by atoms with Crippen LogP contribution in [0.15, 0.2) is 0 Å². The smallest absolute Gasteiger partial charge is 0.236 e. The van der Waals surface area contributed by atoms with Crippen molar-refractivity contribution in [2.45, 2.75) is 80.7 Å². The van der Waals surface area contributed by atoms with Crippen molar-refractivity contribution < 1.29 is 29.2 Å². The predicted octanol–water partition coefficient (Wildman–Crippen LogP) is -3.59. The quantitative estimate of drug-likeness (QED) is 0.257. The maximum absolute atomic E-state index is 12.1. The highest BCUT2D eigenvalue weighted by Gasteiger charge is 2.53. The van der Waals surface area contributed by atoms with Gasteiger partial charge in [0.2, 0.25) is 5.91 Å². The van der Waals surface area contributed by atoms with Gasteiger partial charge in [-0.1, -0.05) is 0 Å². The molecule has 0 aromatic rings. The van der Waals surface area contributed by atoms with Crippen molar-refractivity contribution in [2.75, 3.05) is 20.7 Å². The van der Waals surface area contributed by atoms with Gasteiger partial charge in [-0.05, 0) is 19.8 Å². The molecule has 2 aliphatic rings. The fraction of sp³-hybridized carbons (Fsp3) is 0.941. The Bertz CT molecular complexity index is 526. The molecule has 0 bridgehead atoms. The van der Waals surface area contributed by atoms with E-state index in [9.17, 15) is 15.0 Å². The molecule has 1 aliphatic heterocycles. The Labute approximate surface area is 165 Å². The number of amides is 1. The van der Waals surface area contributed by atoms with Gasteiger partial charge < -0.3 is 52.3 Å². The van der Waals surface area contributed by atoms with Crippen LogP contribution in [-0.4, -0.2) is 103 Å². The van der Waals surface area contributed by atoms with Gasteiger partial charge in [0.15, 0.2) is 6.29 Å². The number of methoxy groups -OCH3 is 1. The SMILES string of the molecule is CO[C@H]1[C@@H](O)[C@H](N)[C@@H](O[C@H]2O[C@H]([C@@H](C)N)CC[C@H]2N)[C@H](O)[C@@H]1N(C)C(=O)CN. The van der Waals surface area contributed by atoms with Crippen LogP contribution in [0.4, 0.5) is 0 Å². The molecule has 1 saturated heterocycles. The second-order valence-corrected chi connectivity index (χ2v) is 7.70. The largest absolute Gasteiger partial charge is 0.389 e. The molecule has 0 unspecified atom stereocenters. The molecule has 0 spiro atoms. The van der Waals surface area contributed by atoms with Crippen molar-refractivity contribution in [2.24, 2.45) is 22.9 Å². The highest BCUT2D eigenvalue weighted by atomic mass is 16.7. The van der Waals surface area contributed by atoms with Gasteiger partial charge in [0.1, 0.15) is 18.3 Å². The molecule has 164 valence electrons. The van der Waals surface area contributed by atoms with Crippen LogP contribution < -0.4 is 22.9 Å². The van der Waals surface area contributed by atoms with Crippen LogP contribution in [-0.2, 0) is 19.0 Å². The standard InChI is InChI=1S/C17H35N5O6/c1-7(19)9-5-4-8(20)17(27-9)28-15-11(21)13(24)16(26-3)12(14(15)25)22(2)10(23)6-18/h7-9,11-17,24-25H,4-6,18-21H2,1-3H3/t7-,8-,9+,11+,12+,13+,14-,15-,16-,17-/m1/s1. The van der Waals surface area contributed by atoms with E-state index in [0.717, 1.165) is 0 Å². The van der Waals surface area contributed by atoms with Gasteiger partial charge in [-0.25, -0.2) is 0 Å². The molecule has 1 saturated carbocycles. The van der Waals surface area contributed by atoms with Crippen molar-refractivity contribution in [3.63, 3.8) is 0 Å². The lowest BCUT2D eigenvalue weighted by molar-refractivity contribution is -0.267. The van der Waals surface area contributed by atoms with E-state index in [1.807, 2.05) is 6.92 Å². The van der Waals surface area contributed by atoms with Crippen molar-refractivity contribution in [3.8, 4) is 0 Å². The first-order valence-electron chi connectivity index (χ1n) is 9.56. The van der Waals surface area contributed by atoms with Crippen LogP contribution in [0.1, 0.15) is 19.8 Å². The first-order valence-corrected chi connectivity index (χ1v) is 9.56. The molecule has 0 aromatic carbocycles. The van der Waals surface area contributed by atoms with E-state index in [2.05, 4.69) is 0 Å². The fourth-order valence-electron chi connectivity index (χ4n) is 3.95. The van der Waals surface area contributed by atoms with Gasteiger partial charge in [-0.15, -0.1) is 0 Å². The van der Waals surface area contributed by atoms with Crippen LogP contribution in [0.3, 0.4) is 0 Å². The molecule has 2 fully saturated rings. The highest BCUT2D eigenvalue weighted by Crippen LogP contribution is 2.31. The molecule has 10 atom stereocenters. The zero-order chi connectivity index (χ0) is 21.2. The Kier molecular flexibility index (Phi) is 8.14. The molecular weight excluding hydrogens is 370 g/mol. The number of rotatable bonds is 6. The minimum Gasteiger partial charge on any atom is -0.389 e. The van der Waals surface area contributed by atoms with E-state index in [0.29, 0.717) is 12.8 Å². The summed E-state index contributed by atoms with van der Waals surface area (Å²) in [6.07, 6.45) is -4.16. The summed E-state index contributed by atoms with van der Waals surface area (Å²) in [6.45, 7) is 1.58. The number of ether oxygens (including phenoxy) is 3. The van der Waals surface area contributed by atoms with Crippen LogP contribution in [0.2, 0.25) is 0 Å². The van der Waals surface area contributed by atoms with Gasteiger partial charge in [-0.3, -0.25) is 4.79 Å². The predicted molar refractivity (Wildman–Crippen MR) is 101 cm³/mol. The molecule has 1 amide bonds. The summed E-state index contributed by atoms with van der Waals surface area (Å²) >= 11 is 0. The van der Waals surface area contributed by atoms with Gasteiger partial charge in [0.25, 0.3) is 0 Å². The molecule has 11 nitrogen and oxygen atoms in total. The highest BCUT2D eigenvalue weighted by molar-refractivity contribution is 5.78. The van der Waals surface area contributed by atoms with E-state index in [1.54, 1.807) is 0 Å². The zero-order valence-electron chi connectivity index (χ0n) is 16.7. The summed E-state index contributed by atoms with van der Waals surface area (Å²) in [4.78, 5) is 13.3. The van der Waals surface area contributed by atoms with Crippen LogP contribution in [0.25, 0.3) is 0 Å². The summed E-state index contributed by atoms with van der Waals surface area (Å²) in [6, 6.07) is -2.55. The summed E-state index contributed by atoms with van der Waals surface area (Å²) in [5, 5.41) is 21.6. The Morgan fingerprint density at radius 3 is 2.43 bits per heavy atom. The third-order valence-corrected chi connectivity index (χ3v) is 5.74. The summed E-state index contributed by atoms with van der Waals surface area (Å²) in [5.41, 5.74) is 23.6. The number of carbonyl (C=O) groups excluding carboxylic acids is 1. The molecule has 1 aliphatic carbocycles. The van der Waals surface area contributed by atoms with E-state index < -0.39 is 54.7 Å². The third-order valence-electron chi connectivity index (χ3n) is 5.74. The molecule has 28 heavy (non-hydrogen) atoms. The van der Waals surface area contributed by atoms with Crippen molar-refractivity contribution >= 4 is 5.91 Å². The summed E-state index contributed by atoms with van der Waals surface area (Å²) < 4.78 is 17.1. The number of hydrogen-bond donors (Lipinski definition) is 6. The number of aliphatic hydroxyl groups is 2. The monoisotopic (exact) mass is 405 g/mol. The number of carbonyl (C=O) groups is 1. The summed E-state index contributed by atoms with van der Waals surface area (Å²) in [7, 11) is 2.85. The lowest BCUT2D eigenvalue weighted by Crippen LogP contribution is -2.72. The number of likely N-dealkylation sites (N-methyl/N-ethyl adjacent to an activating group) is 1. The summed E-state index contributed by atoms with van der Waals surface area (Å²) in [5.74, 6) is -0.421. The normalized spacial score (nSPS) is 42.8. The molecule has 2 rings (SSSR count). The third kappa shape index (κ3) is 4.64. The lowest BCUT2D eigenvalue weighted by Gasteiger charge is -2.50. The van der Waals surface area contributed by atoms with Gasteiger partial charge >= 0.3 is 0 Å². The van der Waals surface area contributed by atoms with E-state index in [-0.39, 0.29) is 18.7 Å². The zero-order valence-corrected chi connectivity index (χ0v) is 16.7. The van der Waals surface area contributed by atoms with Gasteiger partial charge in [-0.2, -0.15) is 0 Å². The molecule has 10 N–H and O–H groups in total. The Morgan fingerprint density at radius 2 is 1.89 bits per heavy atom. The molecule has 11 heteroatoms. The molecule has 0 aromatic heterocycles. The Hall–Kier alpha value is -0.890. The maximum atomic E-state index is 12.1. The first kappa shape index (κ1) is 23.4. The van der Waals surface area contributed by atoms with E-state index >= 15 is 0 Å². The Morgan fingerprint density at radius 1 is 1.25 bits per heavy atom. The van der Waals surface area contributed by atoms with Crippen LogP contribution >= 0.6 is 0 Å². The minimum atomic E-state index is -1.25. The number of nitrogens with two attached hydrogens (primary N) is 4. The first-order chi connectivity index (χ1) is 13.1. The van der Waals surface area contributed by atoms with E-state index in [1.165, 1.54) is 19.1 Å². The van der Waals surface area contributed by atoms with Crippen molar-refractivity contribution in [1.82, 2.24) is 4.90 Å². The number of aliphatic hydroxyl groups excluding tert-OH is 2. The average Bonchev–Trinajstić information content (AvgIpc) is 2.67. The molecular formula is C17H35N5O6. The van der Waals surface area contributed by atoms with Gasteiger partial charge in [0.05, 0.1) is 36.9 Å². The van der Waals surface area contributed by atoms with Crippen molar-refractivity contribution in [3.05, 3.63) is 0 Å². The average molecular weight is 405 g/mol. The van der Waals surface area contributed by atoms with Crippen LogP contribution in [0.5, 0.6) is 0 Å². The minimum absolute atomic E-state index is 0.215. The Balaban J connectivity index is 2.23. The van der Waals surface area contributed by atoms with E-state index in [4.69, 9.17) is 37.1 Å². The van der Waals surface area contributed by atoms with Gasteiger partial charge in [0, 0.05) is 20.2 Å². The van der Waals surface area contributed by atoms with Crippen molar-refractivity contribution in [1.29, 1.82) is 0 Å². The number of hydrogen-bond acceptors (Lipinski definition) is 10. The maximum Gasteiger partial charge on any atom is 0.236 e. The fourth-order valence-corrected chi connectivity index (χ4v) is 3.95. The second kappa shape index (κ2) is 9.74. The lowest BCUT2D eigenvalue weighted by atomic mass is 9.80. The molecule has 0 radical (unpaired) electrons. The number of nitrogens with zero attached hydrogens (tertiary/aromatic N) is 1. The van der Waals surface area contributed by atoms with Crippen LogP contribution in [0, 0.1) is 0 Å². The molecule has 1 heterocycles.